The minimum atomic E-state index is -3.40. The molecule has 0 atom stereocenters. The van der Waals surface area contributed by atoms with Gasteiger partial charge in [0, 0.05) is 12.6 Å². The van der Waals surface area contributed by atoms with Crippen LogP contribution in [0.2, 0.25) is 0 Å². The Hall–Kier alpha value is -2.65. The normalized spacial score (nSPS) is 14.4. The molecular weight excluding hydrogens is 374 g/mol. The molecule has 0 radical (unpaired) electrons. The molecule has 0 aromatic heterocycles. The predicted molar refractivity (Wildman–Crippen MR) is 95.9 cm³/mol. The lowest BCUT2D eigenvalue weighted by molar-refractivity contribution is 0.173. The zero-order valence-corrected chi connectivity index (χ0v) is 15.3. The summed E-state index contributed by atoms with van der Waals surface area (Å²) in [7, 11) is -3.40. The third kappa shape index (κ3) is 4.37. The number of rotatable bonds is 8. The molecule has 9 heteroatoms. The molecule has 27 heavy (non-hydrogen) atoms. The summed E-state index contributed by atoms with van der Waals surface area (Å²) >= 11 is 0. The molecule has 2 aliphatic heterocycles. The summed E-state index contributed by atoms with van der Waals surface area (Å²) in [6, 6.07) is 10.6. The van der Waals surface area contributed by atoms with Crippen LogP contribution in [0.15, 0.2) is 36.4 Å². The Morgan fingerprint density at radius 3 is 2.33 bits per heavy atom. The van der Waals surface area contributed by atoms with Crippen LogP contribution in [0.1, 0.15) is 12.0 Å². The van der Waals surface area contributed by atoms with Gasteiger partial charge in [-0.1, -0.05) is 6.07 Å². The van der Waals surface area contributed by atoms with E-state index in [9.17, 15) is 8.42 Å². The molecule has 1 N–H and O–H groups in total. The van der Waals surface area contributed by atoms with Crippen LogP contribution in [0, 0.1) is 0 Å². The summed E-state index contributed by atoms with van der Waals surface area (Å²) in [5.74, 6) is 3.20. The fraction of sp³-hybridized carbons (Fsp3) is 0.333. The van der Waals surface area contributed by atoms with Crippen LogP contribution in [0.4, 0.5) is 0 Å². The Morgan fingerprint density at radius 2 is 1.56 bits per heavy atom. The van der Waals surface area contributed by atoms with Gasteiger partial charge in [-0.2, -0.15) is 0 Å². The Bertz CT molecular complexity index is 929. The van der Waals surface area contributed by atoms with E-state index in [0.717, 1.165) is 5.56 Å². The van der Waals surface area contributed by atoms with Crippen molar-refractivity contribution in [2.75, 3.05) is 25.9 Å². The van der Waals surface area contributed by atoms with E-state index in [0.29, 0.717) is 35.2 Å². The van der Waals surface area contributed by atoms with Gasteiger partial charge in [0.05, 0.1) is 12.4 Å². The Morgan fingerprint density at radius 1 is 0.889 bits per heavy atom. The molecule has 144 valence electrons. The zero-order chi connectivity index (χ0) is 18.7. The number of nitrogens with one attached hydrogen (secondary N) is 1. The van der Waals surface area contributed by atoms with Crippen LogP contribution in [0.5, 0.6) is 28.7 Å². The largest absolute Gasteiger partial charge is 0.493 e. The van der Waals surface area contributed by atoms with Crippen molar-refractivity contribution in [3.05, 3.63) is 42.0 Å². The van der Waals surface area contributed by atoms with Crippen LogP contribution < -0.4 is 28.4 Å². The van der Waals surface area contributed by atoms with Crippen LogP contribution in [-0.4, -0.2) is 34.4 Å². The van der Waals surface area contributed by atoms with Gasteiger partial charge in [0.15, 0.2) is 23.0 Å². The van der Waals surface area contributed by atoms with E-state index in [-0.39, 0.29) is 32.5 Å². The smallest absolute Gasteiger partial charge is 0.231 e. The molecule has 0 saturated heterocycles. The summed E-state index contributed by atoms with van der Waals surface area (Å²) in [6.45, 7) is 0.868. The highest BCUT2D eigenvalue weighted by Gasteiger charge is 2.16. The first kappa shape index (κ1) is 17.7. The first-order valence-corrected chi connectivity index (χ1v) is 10.1. The molecule has 2 aromatic rings. The fourth-order valence-corrected chi connectivity index (χ4v) is 3.75. The summed E-state index contributed by atoms with van der Waals surface area (Å²) in [6.07, 6.45) is 0.366. The topological polar surface area (TPSA) is 92.3 Å². The second-order valence-electron chi connectivity index (χ2n) is 6.04. The number of ether oxygens (including phenoxy) is 5. The van der Waals surface area contributed by atoms with E-state index in [1.807, 2.05) is 0 Å². The van der Waals surface area contributed by atoms with Gasteiger partial charge in [0.25, 0.3) is 0 Å². The molecule has 2 aromatic carbocycles. The van der Waals surface area contributed by atoms with Gasteiger partial charge in [-0.3, -0.25) is 0 Å². The molecule has 0 bridgehead atoms. The van der Waals surface area contributed by atoms with Crippen molar-refractivity contribution >= 4 is 10.0 Å². The maximum absolute atomic E-state index is 12.1. The number of benzene rings is 2. The lowest BCUT2D eigenvalue weighted by atomic mass is 10.2. The lowest BCUT2D eigenvalue weighted by Gasteiger charge is -2.09. The van der Waals surface area contributed by atoms with Crippen molar-refractivity contribution in [2.45, 2.75) is 13.0 Å². The standard InChI is InChI=1S/C18H19NO7S/c20-27(21,19-10-13-2-4-15-17(8-13)25-11-23-15)7-1-6-22-14-3-5-16-18(9-14)26-12-24-16/h2-5,8-9,19H,1,6-7,10-12H2. The average molecular weight is 393 g/mol. The number of fused-ring (bicyclic) bond motifs is 2. The molecule has 4 rings (SSSR count). The number of hydrogen-bond acceptors (Lipinski definition) is 7. The van der Waals surface area contributed by atoms with Crippen molar-refractivity contribution in [2.24, 2.45) is 0 Å². The molecule has 2 heterocycles. The van der Waals surface area contributed by atoms with E-state index < -0.39 is 10.0 Å². The highest BCUT2D eigenvalue weighted by molar-refractivity contribution is 7.89. The van der Waals surface area contributed by atoms with Gasteiger partial charge in [-0.15, -0.1) is 0 Å². The second kappa shape index (κ2) is 7.53. The molecule has 0 fully saturated rings. The maximum atomic E-state index is 12.1. The second-order valence-corrected chi connectivity index (χ2v) is 7.97. The van der Waals surface area contributed by atoms with Crippen molar-refractivity contribution in [1.82, 2.24) is 4.72 Å². The first-order chi connectivity index (χ1) is 13.1. The molecule has 8 nitrogen and oxygen atoms in total. The lowest BCUT2D eigenvalue weighted by Crippen LogP contribution is -2.26. The monoisotopic (exact) mass is 393 g/mol. The van der Waals surface area contributed by atoms with Crippen LogP contribution in [0.3, 0.4) is 0 Å². The molecule has 2 aliphatic rings. The summed E-state index contributed by atoms with van der Waals surface area (Å²) in [4.78, 5) is 0. The van der Waals surface area contributed by atoms with E-state index in [1.165, 1.54) is 0 Å². The highest BCUT2D eigenvalue weighted by atomic mass is 32.2. The first-order valence-electron chi connectivity index (χ1n) is 8.47. The third-order valence-corrected chi connectivity index (χ3v) is 5.51. The SMILES string of the molecule is O=S(=O)(CCCOc1ccc2c(c1)OCO2)NCc1ccc2c(c1)OCO2. The minimum absolute atomic E-state index is 0.0257. The summed E-state index contributed by atoms with van der Waals surface area (Å²) in [5, 5.41) is 0. The third-order valence-electron chi connectivity index (χ3n) is 4.10. The maximum Gasteiger partial charge on any atom is 0.231 e. The fourth-order valence-electron chi connectivity index (χ4n) is 2.72. The van der Waals surface area contributed by atoms with Crippen LogP contribution >= 0.6 is 0 Å². The van der Waals surface area contributed by atoms with E-state index in [1.54, 1.807) is 36.4 Å². The van der Waals surface area contributed by atoms with Crippen LogP contribution in [-0.2, 0) is 16.6 Å². The van der Waals surface area contributed by atoms with E-state index in [4.69, 9.17) is 23.7 Å². The van der Waals surface area contributed by atoms with Gasteiger partial charge in [0.2, 0.25) is 23.6 Å². The summed E-state index contributed by atoms with van der Waals surface area (Å²) in [5.41, 5.74) is 0.805. The van der Waals surface area contributed by atoms with Crippen molar-refractivity contribution in [3.63, 3.8) is 0 Å². The van der Waals surface area contributed by atoms with Gasteiger partial charge in [-0.05, 0) is 36.2 Å². The van der Waals surface area contributed by atoms with Crippen LogP contribution in [0.25, 0.3) is 0 Å². The molecular formula is C18H19NO7S. The molecule has 0 saturated carbocycles. The Labute approximate surface area is 157 Å². The highest BCUT2D eigenvalue weighted by Crippen LogP contribution is 2.35. The quantitative estimate of drug-likeness (QED) is 0.686. The van der Waals surface area contributed by atoms with Crippen molar-refractivity contribution < 1.29 is 32.1 Å². The average Bonchev–Trinajstić information content (AvgIpc) is 3.31. The van der Waals surface area contributed by atoms with Crippen molar-refractivity contribution in [3.8, 4) is 28.7 Å². The van der Waals surface area contributed by atoms with E-state index >= 15 is 0 Å². The predicted octanol–water partition coefficient (Wildman–Crippen LogP) is 2.03. The van der Waals surface area contributed by atoms with Crippen molar-refractivity contribution in [1.29, 1.82) is 0 Å². The minimum Gasteiger partial charge on any atom is -0.493 e. The van der Waals surface area contributed by atoms with Gasteiger partial charge in [-0.25, -0.2) is 13.1 Å². The molecule has 0 amide bonds. The van der Waals surface area contributed by atoms with Gasteiger partial charge in [0.1, 0.15) is 5.75 Å². The zero-order valence-electron chi connectivity index (χ0n) is 14.5. The van der Waals surface area contributed by atoms with E-state index in [2.05, 4.69) is 4.72 Å². The molecule has 0 unspecified atom stereocenters. The Balaban J connectivity index is 1.22. The molecule has 0 aliphatic carbocycles. The molecule has 0 spiro atoms. The number of hydrogen-bond donors (Lipinski definition) is 1. The van der Waals surface area contributed by atoms with Gasteiger partial charge >= 0.3 is 0 Å². The number of sulfonamides is 1. The Kier molecular flexibility index (Phi) is 4.95. The summed E-state index contributed by atoms with van der Waals surface area (Å²) < 4.78 is 53.5. The van der Waals surface area contributed by atoms with Gasteiger partial charge < -0.3 is 23.7 Å².